The standard InChI is InChI=1S/C11H11ClN4O3/c12-7-6-13-16-9(15-1-3-19-4-2-15)5-8(11(17)18)14-10(7)16/h5-6H,1-4H2,(H,17,18). The second-order valence-corrected chi connectivity index (χ2v) is 4.54. The third kappa shape index (κ3) is 2.11. The lowest BCUT2D eigenvalue weighted by Gasteiger charge is -2.28. The van der Waals surface area contributed by atoms with Crippen molar-refractivity contribution >= 4 is 29.0 Å². The number of aromatic carboxylic acids is 1. The highest BCUT2D eigenvalue weighted by Crippen LogP contribution is 2.23. The molecule has 3 heterocycles. The van der Waals surface area contributed by atoms with Crippen LogP contribution in [0.15, 0.2) is 12.3 Å². The Morgan fingerprint density at radius 2 is 2.16 bits per heavy atom. The van der Waals surface area contributed by atoms with Crippen LogP contribution in [-0.2, 0) is 4.74 Å². The van der Waals surface area contributed by atoms with Crippen molar-refractivity contribution in [3.05, 3.63) is 23.0 Å². The van der Waals surface area contributed by atoms with Crippen LogP contribution in [0.25, 0.3) is 5.65 Å². The van der Waals surface area contributed by atoms with E-state index in [4.69, 9.17) is 21.4 Å². The van der Waals surface area contributed by atoms with Crippen LogP contribution in [0.4, 0.5) is 5.82 Å². The van der Waals surface area contributed by atoms with Crippen LogP contribution in [0.1, 0.15) is 10.5 Å². The van der Waals surface area contributed by atoms with Gasteiger partial charge >= 0.3 is 5.97 Å². The minimum absolute atomic E-state index is 0.0450. The van der Waals surface area contributed by atoms with Crippen LogP contribution in [0.3, 0.4) is 0 Å². The maximum atomic E-state index is 11.1. The molecular weight excluding hydrogens is 272 g/mol. The fraction of sp³-hybridized carbons (Fsp3) is 0.364. The molecule has 0 bridgehead atoms. The van der Waals surface area contributed by atoms with Crippen molar-refractivity contribution in [2.24, 2.45) is 0 Å². The molecule has 1 N–H and O–H groups in total. The van der Waals surface area contributed by atoms with Crippen LogP contribution >= 0.6 is 11.6 Å². The number of hydrogen-bond donors (Lipinski definition) is 1. The highest BCUT2D eigenvalue weighted by molar-refractivity contribution is 6.33. The van der Waals surface area contributed by atoms with Gasteiger partial charge in [-0.15, -0.1) is 0 Å². The lowest BCUT2D eigenvalue weighted by atomic mass is 10.3. The molecule has 0 aliphatic carbocycles. The van der Waals surface area contributed by atoms with Crippen molar-refractivity contribution < 1.29 is 14.6 Å². The Bertz CT molecular complexity index is 636. The third-order valence-corrected chi connectivity index (χ3v) is 3.23. The van der Waals surface area contributed by atoms with Gasteiger partial charge in [-0.05, 0) is 0 Å². The topological polar surface area (TPSA) is 80.0 Å². The van der Waals surface area contributed by atoms with Crippen LogP contribution in [0.2, 0.25) is 5.02 Å². The van der Waals surface area contributed by atoms with Crippen molar-refractivity contribution in [3.63, 3.8) is 0 Å². The Hall–Kier alpha value is -1.86. The van der Waals surface area contributed by atoms with E-state index in [1.807, 2.05) is 4.90 Å². The van der Waals surface area contributed by atoms with E-state index in [0.717, 1.165) is 0 Å². The summed E-state index contributed by atoms with van der Waals surface area (Å²) in [6, 6.07) is 1.50. The van der Waals surface area contributed by atoms with E-state index in [9.17, 15) is 4.79 Å². The van der Waals surface area contributed by atoms with E-state index in [2.05, 4.69) is 10.1 Å². The van der Waals surface area contributed by atoms with Crippen LogP contribution in [0.5, 0.6) is 0 Å². The van der Waals surface area contributed by atoms with Gasteiger partial charge in [0.1, 0.15) is 10.8 Å². The van der Waals surface area contributed by atoms with Gasteiger partial charge in [0, 0.05) is 19.2 Å². The van der Waals surface area contributed by atoms with E-state index >= 15 is 0 Å². The highest BCUT2D eigenvalue weighted by atomic mass is 35.5. The van der Waals surface area contributed by atoms with Gasteiger partial charge in [0.05, 0.1) is 19.4 Å². The normalized spacial score (nSPS) is 15.9. The summed E-state index contributed by atoms with van der Waals surface area (Å²) in [5.41, 5.74) is 0.305. The van der Waals surface area contributed by atoms with E-state index in [1.54, 1.807) is 4.52 Å². The average Bonchev–Trinajstić information content (AvgIpc) is 2.80. The highest BCUT2D eigenvalue weighted by Gasteiger charge is 2.20. The Kier molecular flexibility index (Phi) is 3.00. The predicted molar refractivity (Wildman–Crippen MR) is 68.0 cm³/mol. The van der Waals surface area contributed by atoms with Crippen molar-refractivity contribution in [2.45, 2.75) is 0 Å². The molecule has 2 aromatic heterocycles. The monoisotopic (exact) mass is 282 g/mol. The van der Waals surface area contributed by atoms with Crippen molar-refractivity contribution in [1.29, 1.82) is 0 Å². The number of anilines is 1. The number of ether oxygens (including phenoxy) is 1. The summed E-state index contributed by atoms with van der Waals surface area (Å²) in [5.74, 6) is -0.424. The molecule has 8 heteroatoms. The van der Waals surface area contributed by atoms with Gasteiger partial charge in [0.15, 0.2) is 11.3 Å². The zero-order chi connectivity index (χ0) is 13.4. The second-order valence-electron chi connectivity index (χ2n) is 4.13. The minimum atomic E-state index is -1.09. The largest absolute Gasteiger partial charge is 0.477 e. The second kappa shape index (κ2) is 4.67. The maximum Gasteiger partial charge on any atom is 0.354 e. The molecule has 0 saturated carbocycles. The number of hydrogen-bond acceptors (Lipinski definition) is 5. The first-order valence-corrected chi connectivity index (χ1v) is 6.15. The predicted octanol–water partition coefficient (Wildman–Crippen LogP) is 0.917. The fourth-order valence-electron chi connectivity index (χ4n) is 2.05. The van der Waals surface area contributed by atoms with Crippen molar-refractivity contribution in [1.82, 2.24) is 14.6 Å². The molecule has 0 aromatic carbocycles. The molecule has 3 rings (SSSR count). The lowest BCUT2D eigenvalue weighted by Crippen LogP contribution is -2.37. The van der Waals surface area contributed by atoms with E-state index < -0.39 is 5.97 Å². The van der Waals surface area contributed by atoms with Gasteiger partial charge in [-0.3, -0.25) is 0 Å². The van der Waals surface area contributed by atoms with Crippen molar-refractivity contribution in [3.8, 4) is 0 Å². The molecule has 0 radical (unpaired) electrons. The summed E-state index contributed by atoms with van der Waals surface area (Å²) in [4.78, 5) is 17.1. The molecule has 0 unspecified atom stereocenters. The number of fused-ring (bicyclic) bond motifs is 1. The van der Waals surface area contributed by atoms with Crippen LogP contribution in [0, 0.1) is 0 Å². The number of rotatable bonds is 2. The number of nitrogens with zero attached hydrogens (tertiary/aromatic N) is 4. The Labute approximate surface area is 113 Å². The number of morpholine rings is 1. The molecule has 1 aliphatic heterocycles. The first kappa shape index (κ1) is 12.2. The summed E-state index contributed by atoms with van der Waals surface area (Å²) in [7, 11) is 0. The van der Waals surface area contributed by atoms with Crippen LogP contribution < -0.4 is 4.90 Å². The molecule has 0 amide bonds. The van der Waals surface area contributed by atoms with Gasteiger partial charge in [-0.1, -0.05) is 11.6 Å². The lowest BCUT2D eigenvalue weighted by molar-refractivity contribution is 0.0690. The Morgan fingerprint density at radius 1 is 1.42 bits per heavy atom. The van der Waals surface area contributed by atoms with E-state index in [0.29, 0.717) is 42.8 Å². The molecule has 2 aromatic rings. The molecule has 19 heavy (non-hydrogen) atoms. The number of halogens is 1. The van der Waals surface area contributed by atoms with Gasteiger partial charge in [0.2, 0.25) is 0 Å². The summed E-state index contributed by atoms with van der Waals surface area (Å²) in [6.07, 6.45) is 1.46. The molecule has 1 aliphatic rings. The van der Waals surface area contributed by atoms with Gasteiger partial charge in [0.25, 0.3) is 0 Å². The average molecular weight is 283 g/mol. The number of carboxylic acid groups (broad SMARTS) is 1. The fourth-order valence-corrected chi connectivity index (χ4v) is 2.21. The number of carbonyl (C=O) groups is 1. The molecule has 1 saturated heterocycles. The number of carboxylic acids is 1. The summed E-state index contributed by atoms with van der Waals surface area (Å²) in [5, 5.41) is 13.6. The van der Waals surface area contributed by atoms with Gasteiger partial charge in [-0.2, -0.15) is 9.61 Å². The van der Waals surface area contributed by atoms with E-state index in [-0.39, 0.29) is 5.69 Å². The summed E-state index contributed by atoms with van der Waals surface area (Å²) >= 11 is 5.98. The van der Waals surface area contributed by atoms with E-state index in [1.165, 1.54) is 12.3 Å². The molecule has 7 nitrogen and oxygen atoms in total. The summed E-state index contributed by atoms with van der Waals surface area (Å²) in [6.45, 7) is 2.55. The molecule has 0 spiro atoms. The molecular formula is C11H11ClN4O3. The number of aromatic nitrogens is 3. The van der Waals surface area contributed by atoms with Crippen LogP contribution in [-0.4, -0.2) is 52.0 Å². The third-order valence-electron chi connectivity index (χ3n) is 2.96. The zero-order valence-electron chi connectivity index (χ0n) is 9.91. The first-order valence-electron chi connectivity index (χ1n) is 5.77. The molecule has 100 valence electrons. The first-order chi connectivity index (χ1) is 9.16. The van der Waals surface area contributed by atoms with Gasteiger partial charge < -0.3 is 14.7 Å². The molecule has 1 fully saturated rings. The van der Waals surface area contributed by atoms with Crippen molar-refractivity contribution in [2.75, 3.05) is 31.2 Å². The quantitative estimate of drug-likeness (QED) is 0.882. The smallest absolute Gasteiger partial charge is 0.354 e. The zero-order valence-corrected chi connectivity index (χ0v) is 10.7. The Morgan fingerprint density at radius 3 is 2.84 bits per heavy atom. The minimum Gasteiger partial charge on any atom is -0.477 e. The molecule has 0 atom stereocenters. The summed E-state index contributed by atoms with van der Waals surface area (Å²) < 4.78 is 6.84. The SMILES string of the molecule is O=C(O)c1cc(N2CCOCC2)n2ncc(Cl)c2n1. The van der Waals surface area contributed by atoms with Gasteiger partial charge in [-0.25, -0.2) is 9.78 Å². The Balaban J connectivity index is 2.17. The maximum absolute atomic E-state index is 11.1.